The zero-order valence-corrected chi connectivity index (χ0v) is 14.9. The van der Waals surface area contributed by atoms with Crippen molar-refractivity contribution in [2.24, 2.45) is 23.5 Å². The van der Waals surface area contributed by atoms with Crippen molar-refractivity contribution in [2.75, 3.05) is 6.54 Å². The maximum atomic E-state index is 13.0. The van der Waals surface area contributed by atoms with E-state index in [4.69, 9.17) is 5.73 Å². The van der Waals surface area contributed by atoms with E-state index in [2.05, 4.69) is 34.1 Å². The Balaban J connectivity index is 0.00000144. The molecule has 4 unspecified atom stereocenters. The Morgan fingerprint density at radius 1 is 1.27 bits per heavy atom. The third-order valence-corrected chi connectivity index (χ3v) is 6.54. The normalized spacial score (nSPS) is 32.5. The number of rotatable bonds is 1. The van der Waals surface area contributed by atoms with E-state index in [0.717, 1.165) is 24.0 Å². The fourth-order valence-corrected chi connectivity index (χ4v) is 5.17. The summed E-state index contributed by atoms with van der Waals surface area (Å²) in [6, 6.07) is 6.41. The first-order valence-corrected chi connectivity index (χ1v) is 8.75. The summed E-state index contributed by atoms with van der Waals surface area (Å²) in [6.45, 7) is 1.57. The molecule has 1 aromatic rings. The second-order valence-electron chi connectivity index (χ2n) is 6.82. The van der Waals surface area contributed by atoms with Crippen molar-refractivity contribution in [3.8, 4) is 0 Å². The number of hydrogen-bond acceptors (Lipinski definition) is 2. The zero-order chi connectivity index (χ0) is 14.6. The van der Waals surface area contributed by atoms with Gasteiger partial charge in [0.2, 0.25) is 5.91 Å². The molecule has 0 radical (unpaired) electrons. The Morgan fingerprint density at radius 2 is 2.05 bits per heavy atom. The van der Waals surface area contributed by atoms with Crippen LogP contribution in [0, 0.1) is 17.8 Å². The van der Waals surface area contributed by atoms with Crippen LogP contribution in [0.1, 0.15) is 30.4 Å². The minimum Gasteiger partial charge on any atom is -0.338 e. The molecule has 0 spiro atoms. The van der Waals surface area contributed by atoms with Crippen molar-refractivity contribution in [3.05, 3.63) is 33.8 Å². The summed E-state index contributed by atoms with van der Waals surface area (Å²) in [5.74, 6) is 1.51. The van der Waals surface area contributed by atoms with Gasteiger partial charge >= 0.3 is 0 Å². The van der Waals surface area contributed by atoms with Gasteiger partial charge in [0.25, 0.3) is 0 Å². The maximum absolute atomic E-state index is 13.0. The molecule has 0 aromatic heterocycles. The molecule has 3 nitrogen and oxygen atoms in total. The first-order chi connectivity index (χ1) is 10.1. The molecule has 3 aliphatic rings. The summed E-state index contributed by atoms with van der Waals surface area (Å²) in [7, 11) is 0. The molecular formula is C17H22BrClN2O. The predicted octanol–water partition coefficient (Wildman–Crippen LogP) is 3.13. The Hall–Kier alpha value is -0.580. The van der Waals surface area contributed by atoms with Crippen LogP contribution in [0.25, 0.3) is 0 Å². The van der Waals surface area contributed by atoms with Gasteiger partial charge in [-0.3, -0.25) is 4.79 Å². The number of carbonyl (C=O) groups is 1. The Labute approximate surface area is 146 Å². The van der Waals surface area contributed by atoms with Gasteiger partial charge in [-0.05, 0) is 54.7 Å². The molecule has 0 saturated heterocycles. The molecule has 1 aromatic carbocycles. The Kier molecular flexibility index (Phi) is 4.54. The first-order valence-electron chi connectivity index (χ1n) is 7.96. The number of nitrogens with two attached hydrogens (primary N) is 1. The lowest BCUT2D eigenvalue weighted by Gasteiger charge is -2.35. The van der Waals surface area contributed by atoms with E-state index in [1.165, 1.54) is 30.4 Å². The van der Waals surface area contributed by atoms with Crippen LogP contribution >= 0.6 is 28.3 Å². The van der Waals surface area contributed by atoms with Gasteiger partial charge in [-0.25, -0.2) is 0 Å². The molecule has 1 aliphatic heterocycles. The minimum atomic E-state index is 0. The van der Waals surface area contributed by atoms with Crippen LogP contribution in [0.4, 0.5) is 0 Å². The van der Waals surface area contributed by atoms with Crippen LogP contribution in [-0.2, 0) is 17.8 Å². The second kappa shape index (κ2) is 6.14. The van der Waals surface area contributed by atoms with E-state index in [9.17, 15) is 4.79 Å². The number of halogens is 2. The van der Waals surface area contributed by atoms with Crippen LogP contribution in [0.3, 0.4) is 0 Å². The summed E-state index contributed by atoms with van der Waals surface area (Å²) >= 11 is 3.62. The topological polar surface area (TPSA) is 46.3 Å². The lowest BCUT2D eigenvalue weighted by molar-refractivity contribution is -0.138. The summed E-state index contributed by atoms with van der Waals surface area (Å²) in [6.07, 6.45) is 4.55. The highest BCUT2D eigenvalue weighted by Gasteiger charge is 2.50. The molecule has 2 bridgehead atoms. The van der Waals surface area contributed by atoms with Crippen LogP contribution < -0.4 is 5.73 Å². The fraction of sp³-hybridized carbons (Fsp3) is 0.588. The summed E-state index contributed by atoms with van der Waals surface area (Å²) in [5.41, 5.74) is 8.98. The van der Waals surface area contributed by atoms with E-state index in [1.54, 1.807) is 0 Å². The molecule has 22 heavy (non-hydrogen) atoms. The molecule has 4 rings (SSSR count). The predicted molar refractivity (Wildman–Crippen MR) is 92.8 cm³/mol. The molecule has 2 aliphatic carbocycles. The van der Waals surface area contributed by atoms with Gasteiger partial charge in [0.15, 0.2) is 0 Å². The van der Waals surface area contributed by atoms with Gasteiger partial charge in [-0.15, -0.1) is 12.4 Å². The average molecular weight is 386 g/mol. The van der Waals surface area contributed by atoms with Crippen molar-refractivity contribution in [3.63, 3.8) is 0 Å². The van der Waals surface area contributed by atoms with Gasteiger partial charge in [0.1, 0.15) is 0 Å². The Bertz CT molecular complexity index is 592. The summed E-state index contributed by atoms with van der Waals surface area (Å²) < 4.78 is 1.12. The number of benzene rings is 1. The lowest BCUT2D eigenvalue weighted by Crippen LogP contribution is -2.48. The van der Waals surface area contributed by atoms with Gasteiger partial charge in [0.05, 0.1) is 5.92 Å². The molecule has 120 valence electrons. The lowest BCUT2D eigenvalue weighted by atomic mass is 9.83. The number of carbonyl (C=O) groups excluding carboxylic acids is 1. The number of nitrogens with zero attached hydrogens (tertiary/aromatic N) is 1. The molecule has 2 saturated carbocycles. The largest absolute Gasteiger partial charge is 0.338 e. The third-order valence-electron chi connectivity index (χ3n) is 5.79. The molecule has 4 atom stereocenters. The van der Waals surface area contributed by atoms with Crippen molar-refractivity contribution < 1.29 is 4.79 Å². The smallest absolute Gasteiger partial charge is 0.227 e. The first kappa shape index (κ1) is 16.3. The van der Waals surface area contributed by atoms with Gasteiger partial charge in [-0.1, -0.05) is 28.1 Å². The van der Waals surface area contributed by atoms with E-state index in [1.807, 2.05) is 4.90 Å². The van der Waals surface area contributed by atoms with Crippen molar-refractivity contribution in [1.29, 1.82) is 0 Å². The quantitative estimate of drug-likeness (QED) is 0.807. The minimum absolute atomic E-state index is 0. The standard InChI is InChI=1S/C17H21BrN2O.ClH/c18-14-3-1-2-10-6-7-20(9-13(10)14)17(21)15-11-4-5-12(8-11)16(15)19;/h1-3,11-12,15-16H,4-9,19H2;1H. The highest BCUT2D eigenvalue weighted by Crippen LogP contribution is 2.48. The van der Waals surface area contributed by atoms with Crippen molar-refractivity contribution >= 4 is 34.2 Å². The van der Waals surface area contributed by atoms with E-state index < -0.39 is 0 Å². The van der Waals surface area contributed by atoms with Crippen LogP contribution in [-0.4, -0.2) is 23.4 Å². The van der Waals surface area contributed by atoms with Gasteiger partial charge < -0.3 is 10.6 Å². The SMILES string of the molecule is Cl.NC1C2CCC(C2)C1C(=O)N1CCc2cccc(Br)c2C1. The van der Waals surface area contributed by atoms with E-state index >= 15 is 0 Å². The molecule has 1 amide bonds. The molecule has 1 heterocycles. The monoisotopic (exact) mass is 384 g/mol. The number of fused-ring (bicyclic) bond motifs is 3. The number of amides is 1. The van der Waals surface area contributed by atoms with Crippen LogP contribution in [0.5, 0.6) is 0 Å². The maximum Gasteiger partial charge on any atom is 0.227 e. The molecular weight excluding hydrogens is 364 g/mol. The van der Waals surface area contributed by atoms with Gasteiger partial charge in [-0.2, -0.15) is 0 Å². The van der Waals surface area contributed by atoms with Gasteiger partial charge in [0, 0.05) is 23.6 Å². The van der Waals surface area contributed by atoms with Crippen LogP contribution in [0.15, 0.2) is 22.7 Å². The van der Waals surface area contributed by atoms with Crippen molar-refractivity contribution in [1.82, 2.24) is 4.90 Å². The van der Waals surface area contributed by atoms with E-state index in [0.29, 0.717) is 17.7 Å². The summed E-state index contributed by atoms with van der Waals surface area (Å²) in [4.78, 5) is 15.0. The fourth-order valence-electron chi connectivity index (χ4n) is 4.64. The average Bonchev–Trinajstić information content (AvgIpc) is 3.08. The zero-order valence-electron chi connectivity index (χ0n) is 12.5. The molecule has 5 heteroatoms. The van der Waals surface area contributed by atoms with Crippen LogP contribution in [0.2, 0.25) is 0 Å². The van der Waals surface area contributed by atoms with Crippen molar-refractivity contribution in [2.45, 2.75) is 38.3 Å². The van der Waals surface area contributed by atoms with E-state index in [-0.39, 0.29) is 24.4 Å². The second-order valence-corrected chi connectivity index (χ2v) is 7.68. The highest BCUT2D eigenvalue weighted by atomic mass is 79.9. The highest BCUT2D eigenvalue weighted by molar-refractivity contribution is 9.10. The number of hydrogen-bond donors (Lipinski definition) is 1. The Morgan fingerprint density at radius 3 is 2.77 bits per heavy atom. The molecule has 2 fully saturated rings. The third kappa shape index (κ3) is 2.49. The summed E-state index contributed by atoms with van der Waals surface area (Å²) in [5, 5.41) is 0. The molecule has 2 N–H and O–H groups in total.